The summed E-state index contributed by atoms with van der Waals surface area (Å²) in [7, 11) is 0. The number of hydrogen-bond acceptors (Lipinski definition) is 7. The maximum Gasteiger partial charge on any atom is 0.254 e. The third-order valence-corrected chi connectivity index (χ3v) is 6.95. The fraction of sp³-hybridized carbons (Fsp3) is 0.520. The Bertz CT molecular complexity index is 1450. The standard InChI is InChI=1S/C25H31N9O/c1-15-12-20(33-24(28-15)26-14-27-33)31-8-10-32(11-9-31)23(35)18-13-19(17-6-7-17)29-22-21(18)16(2)30-34(22)25(3,4)5/h12-14,17H,6-11H2,1-5H3. The van der Waals surface area contributed by atoms with E-state index in [1.54, 1.807) is 4.52 Å². The molecule has 0 radical (unpaired) electrons. The second kappa shape index (κ2) is 7.73. The molecular formula is C25H31N9O. The van der Waals surface area contributed by atoms with Crippen LogP contribution in [0.3, 0.4) is 0 Å². The Kier molecular flexibility index (Phi) is 4.84. The van der Waals surface area contributed by atoms with Gasteiger partial charge in [0.05, 0.1) is 22.2 Å². The maximum absolute atomic E-state index is 13.9. The van der Waals surface area contributed by atoms with Crippen LogP contribution in [0.1, 0.15) is 67.0 Å². The molecule has 1 aliphatic carbocycles. The van der Waals surface area contributed by atoms with Crippen LogP contribution in [0.2, 0.25) is 0 Å². The Morgan fingerprint density at radius 1 is 1.03 bits per heavy atom. The minimum Gasteiger partial charge on any atom is -0.353 e. The average molecular weight is 474 g/mol. The molecule has 0 N–H and O–H groups in total. The number of carbonyl (C=O) groups is 1. The van der Waals surface area contributed by atoms with Gasteiger partial charge in [0.2, 0.25) is 0 Å². The van der Waals surface area contributed by atoms with Crippen molar-refractivity contribution >= 4 is 28.5 Å². The zero-order chi connectivity index (χ0) is 24.5. The Balaban J connectivity index is 1.32. The van der Waals surface area contributed by atoms with E-state index in [2.05, 4.69) is 40.7 Å². The Morgan fingerprint density at radius 2 is 1.77 bits per heavy atom. The molecule has 0 atom stereocenters. The van der Waals surface area contributed by atoms with E-state index in [9.17, 15) is 4.79 Å². The largest absolute Gasteiger partial charge is 0.353 e. The number of hydrogen-bond donors (Lipinski definition) is 0. The van der Waals surface area contributed by atoms with Gasteiger partial charge in [-0.25, -0.2) is 14.6 Å². The quantitative estimate of drug-likeness (QED) is 0.451. The molecule has 1 saturated carbocycles. The van der Waals surface area contributed by atoms with Crippen LogP contribution in [0.25, 0.3) is 16.8 Å². The number of pyridine rings is 1. The lowest BCUT2D eigenvalue weighted by Crippen LogP contribution is -2.49. The van der Waals surface area contributed by atoms with E-state index < -0.39 is 0 Å². The summed E-state index contributed by atoms with van der Waals surface area (Å²) in [4.78, 5) is 31.8. The highest BCUT2D eigenvalue weighted by Crippen LogP contribution is 2.41. The Morgan fingerprint density at radius 3 is 2.46 bits per heavy atom. The van der Waals surface area contributed by atoms with E-state index in [0.717, 1.165) is 52.3 Å². The third-order valence-electron chi connectivity index (χ3n) is 6.95. The van der Waals surface area contributed by atoms with Crippen molar-refractivity contribution in [3.63, 3.8) is 0 Å². The fourth-order valence-electron chi connectivity index (χ4n) is 4.98. The SMILES string of the molecule is Cc1cc(N2CCN(C(=O)c3cc(C4CC4)nc4c3c(C)nn4C(C)(C)C)CC2)n2ncnc2n1. The maximum atomic E-state index is 13.9. The fourth-order valence-corrected chi connectivity index (χ4v) is 4.98. The summed E-state index contributed by atoms with van der Waals surface area (Å²) in [5.74, 6) is 2.07. The number of amides is 1. The molecular weight excluding hydrogens is 442 g/mol. The van der Waals surface area contributed by atoms with Gasteiger partial charge in [0.1, 0.15) is 12.1 Å². The number of aromatic nitrogens is 7. The number of rotatable bonds is 3. The van der Waals surface area contributed by atoms with Crippen LogP contribution < -0.4 is 4.90 Å². The first kappa shape index (κ1) is 21.9. The van der Waals surface area contributed by atoms with Crippen molar-refractivity contribution in [2.75, 3.05) is 31.1 Å². The van der Waals surface area contributed by atoms with Crippen LogP contribution in [0.15, 0.2) is 18.5 Å². The number of aryl methyl sites for hydroxylation is 2. The molecule has 0 spiro atoms. The second-order valence-electron chi connectivity index (χ2n) is 10.7. The van der Waals surface area contributed by atoms with E-state index in [1.165, 1.54) is 6.33 Å². The first-order chi connectivity index (χ1) is 16.7. The molecule has 0 aromatic carbocycles. The van der Waals surface area contributed by atoms with Crippen LogP contribution in [0.5, 0.6) is 0 Å². The molecule has 6 rings (SSSR count). The smallest absolute Gasteiger partial charge is 0.254 e. The van der Waals surface area contributed by atoms with Gasteiger partial charge in [-0.2, -0.15) is 19.7 Å². The first-order valence-electron chi connectivity index (χ1n) is 12.3. The van der Waals surface area contributed by atoms with Crippen molar-refractivity contribution in [1.82, 2.24) is 39.2 Å². The summed E-state index contributed by atoms with van der Waals surface area (Å²) in [6, 6.07) is 4.05. The summed E-state index contributed by atoms with van der Waals surface area (Å²) in [5, 5.41) is 10.0. The summed E-state index contributed by atoms with van der Waals surface area (Å²) in [6.07, 6.45) is 3.79. The molecule has 1 aliphatic heterocycles. The molecule has 4 aromatic heterocycles. The number of fused-ring (bicyclic) bond motifs is 2. The number of carbonyl (C=O) groups excluding carboxylic acids is 1. The zero-order valence-electron chi connectivity index (χ0n) is 21.0. The van der Waals surface area contributed by atoms with Crippen LogP contribution in [-0.2, 0) is 5.54 Å². The lowest BCUT2D eigenvalue weighted by Gasteiger charge is -2.36. The van der Waals surface area contributed by atoms with Gasteiger partial charge in [0, 0.05) is 49.6 Å². The van der Waals surface area contributed by atoms with E-state index in [1.807, 2.05) is 35.6 Å². The highest BCUT2D eigenvalue weighted by atomic mass is 16.2. The lowest BCUT2D eigenvalue weighted by molar-refractivity contribution is 0.0748. The first-order valence-corrected chi connectivity index (χ1v) is 12.3. The van der Waals surface area contributed by atoms with Gasteiger partial charge < -0.3 is 9.80 Å². The molecule has 0 unspecified atom stereocenters. The van der Waals surface area contributed by atoms with Gasteiger partial charge in [-0.05, 0) is 53.5 Å². The summed E-state index contributed by atoms with van der Waals surface area (Å²) in [5.41, 5.74) is 4.11. The van der Waals surface area contributed by atoms with Crippen LogP contribution in [0, 0.1) is 13.8 Å². The summed E-state index contributed by atoms with van der Waals surface area (Å²) >= 11 is 0. The van der Waals surface area contributed by atoms with Crippen LogP contribution in [0.4, 0.5) is 5.82 Å². The molecule has 35 heavy (non-hydrogen) atoms. The molecule has 4 aromatic rings. The van der Waals surface area contributed by atoms with Gasteiger partial charge in [0.15, 0.2) is 5.65 Å². The van der Waals surface area contributed by atoms with Crippen molar-refractivity contribution in [2.24, 2.45) is 0 Å². The number of nitrogens with zero attached hydrogens (tertiary/aromatic N) is 9. The van der Waals surface area contributed by atoms with Gasteiger partial charge in [0.25, 0.3) is 11.7 Å². The highest BCUT2D eigenvalue weighted by Gasteiger charge is 2.32. The van der Waals surface area contributed by atoms with Crippen molar-refractivity contribution < 1.29 is 4.79 Å². The van der Waals surface area contributed by atoms with E-state index in [0.29, 0.717) is 37.9 Å². The van der Waals surface area contributed by atoms with Crippen molar-refractivity contribution in [1.29, 1.82) is 0 Å². The molecule has 0 bridgehead atoms. The van der Waals surface area contributed by atoms with E-state index in [4.69, 9.17) is 10.1 Å². The average Bonchev–Trinajstić information content (AvgIpc) is 3.47. The molecule has 5 heterocycles. The molecule has 2 fully saturated rings. The molecule has 1 amide bonds. The Labute approximate surface area is 204 Å². The molecule has 10 heteroatoms. The van der Waals surface area contributed by atoms with Gasteiger partial charge in [-0.3, -0.25) is 4.79 Å². The van der Waals surface area contributed by atoms with Crippen LogP contribution >= 0.6 is 0 Å². The highest BCUT2D eigenvalue weighted by molar-refractivity contribution is 6.06. The topological polar surface area (TPSA) is 97.3 Å². The molecule has 2 aliphatic rings. The lowest BCUT2D eigenvalue weighted by atomic mass is 10.1. The molecule has 1 saturated heterocycles. The van der Waals surface area contributed by atoms with Crippen LogP contribution in [-0.4, -0.2) is 71.3 Å². The van der Waals surface area contributed by atoms with Gasteiger partial charge in [-0.1, -0.05) is 0 Å². The van der Waals surface area contributed by atoms with Gasteiger partial charge in [-0.15, -0.1) is 0 Å². The monoisotopic (exact) mass is 473 g/mol. The Hall–Kier alpha value is -3.56. The minimum absolute atomic E-state index is 0.0623. The molecule has 10 nitrogen and oxygen atoms in total. The number of anilines is 1. The normalized spacial score (nSPS) is 17.1. The van der Waals surface area contributed by atoms with Crippen molar-refractivity contribution in [3.8, 4) is 0 Å². The summed E-state index contributed by atoms with van der Waals surface area (Å²) in [6.45, 7) is 13.0. The second-order valence-corrected chi connectivity index (χ2v) is 10.7. The minimum atomic E-state index is -0.219. The van der Waals surface area contributed by atoms with Gasteiger partial charge >= 0.3 is 0 Å². The van der Waals surface area contributed by atoms with Crippen molar-refractivity contribution in [2.45, 2.75) is 58.9 Å². The number of piperazine rings is 1. The van der Waals surface area contributed by atoms with Crippen molar-refractivity contribution in [3.05, 3.63) is 41.1 Å². The zero-order valence-corrected chi connectivity index (χ0v) is 21.0. The van der Waals surface area contributed by atoms with E-state index >= 15 is 0 Å². The third kappa shape index (κ3) is 3.71. The molecule has 182 valence electrons. The predicted octanol–water partition coefficient (Wildman–Crippen LogP) is 3.08. The van der Waals surface area contributed by atoms with E-state index in [-0.39, 0.29) is 11.4 Å². The predicted molar refractivity (Wildman–Crippen MR) is 133 cm³/mol. The summed E-state index contributed by atoms with van der Waals surface area (Å²) < 4.78 is 3.75.